The van der Waals surface area contributed by atoms with Crippen LogP contribution in [0.4, 0.5) is 0 Å². The fourth-order valence-corrected chi connectivity index (χ4v) is 4.01. The summed E-state index contributed by atoms with van der Waals surface area (Å²) in [5, 5.41) is 0. The lowest BCUT2D eigenvalue weighted by molar-refractivity contribution is -0.156. The molecule has 25 heavy (non-hydrogen) atoms. The predicted molar refractivity (Wildman–Crippen MR) is 92.7 cm³/mol. The molecular formula is C20H24O5. The van der Waals surface area contributed by atoms with Gasteiger partial charge in [0.05, 0.1) is 5.41 Å². The third-order valence-corrected chi connectivity index (χ3v) is 5.38. The number of allylic oxidation sites excluding steroid dienone is 4. The number of ether oxygens (including phenoxy) is 1. The van der Waals surface area contributed by atoms with Crippen molar-refractivity contribution in [3.05, 3.63) is 35.5 Å². The summed E-state index contributed by atoms with van der Waals surface area (Å²) in [6.45, 7) is 8.14. The van der Waals surface area contributed by atoms with E-state index in [0.717, 1.165) is 0 Å². The van der Waals surface area contributed by atoms with Crippen molar-refractivity contribution in [3.63, 3.8) is 0 Å². The Hall–Kier alpha value is -2.30. The van der Waals surface area contributed by atoms with E-state index in [1.54, 1.807) is 39.0 Å². The van der Waals surface area contributed by atoms with E-state index in [1.807, 2.05) is 6.92 Å². The number of ketones is 3. The molecule has 2 rings (SSSR count). The first-order chi connectivity index (χ1) is 11.6. The van der Waals surface area contributed by atoms with Gasteiger partial charge in [0.2, 0.25) is 5.78 Å². The number of fused-ring (bicyclic) bond motifs is 2. The summed E-state index contributed by atoms with van der Waals surface area (Å²) < 4.78 is 5.48. The zero-order valence-electron chi connectivity index (χ0n) is 15.3. The maximum Gasteiger partial charge on any atom is 0.317 e. The summed E-state index contributed by atoms with van der Waals surface area (Å²) >= 11 is 0. The van der Waals surface area contributed by atoms with Gasteiger partial charge in [0.25, 0.3) is 0 Å². The smallest absolute Gasteiger partial charge is 0.317 e. The topological polar surface area (TPSA) is 77.5 Å². The molecule has 1 heterocycles. The van der Waals surface area contributed by atoms with Crippen molar-refractivity contribution in [2.45, 2.75) is 53.1 Å². The number of hydrogen-bond donors (Lipinski definition) is 0. The highest BCUT2D eigenvalue weighted by Gasteiger charge is 2.68. The third kappa shape index (κ3) is 2.92. The van der Waals surface area contributed by atoms with Gasteiger partial charge in [0.15, 0.2) is 11.4 Å². The summed E-state index contributed by atoms with van der Waals surface area (Å²) in [6, 6.07) is 0. The largest absolute Gasteiger partial charge is 0.450 e. The molecule has 0 saturated carbocycles. The zero-order valence-corrected chi connectivity index (χ0v) is 15.3. The fraction of sp³-hybridized carbons (Fsp3) is 0.500. The second-order valence-corrected chi connectivity index (χ2v) is 7.12. The minimum absolute atomic E-state index is 0.00716. The monoisotopic (exact) mass is 344 g/mol. The molecule has 0 aromatic heterocycles. The van der Waals surface area contributed by atoms with Crippen molar-refractivity contribution in [1.82, 2.24) is 0 Å². The molecule has 0 radical (unpaired) electrons. The predicted octanol–water partition coefficient (Wildman–Crippen LogP) is 2.89. The molecule has 0 unspecified atom stereocenters. The second kappa shape index (κ2) is 6.54. The molecule has 134 valence electrons. The lowest BCUT2D eigenvalue weighted by Crippen LogP contribution is -2.50. The Bertz CT molecular complexity index is 739. The molecule has 2 aliphatic rings. The van der Waals surface area contributed by atoms with E-state index in [2.05, 4.69) is 0 Å². The van der Waals surface area contributed by atoms with Gasteiger partial charge in [-0.2, -0.15) is 0 Å². The van der Waals surface area contributed by atoms with Crippen molar-refractivity contribution in [1.29, 1.82) is 0 Å². The van der Waals surface area contributed by atoms with Gasteiger partial charge in [-0.25, -0.2) is 0 Å². The van der Waals surface area contributed by atoms with Crippen molar-refractivity contribution in [3.8, 4) is 0 Å². The number of carbonyl (C=O) groups is 4. The standard InChI is InChI=1S/C20H24O5/c1-6-7-8-9-14(22)11-16-19(4)15(10-12(2)21)13(3)17(23)20(16,5)25-18(19)24/h6-9,16H,10-11H2,1-5H3/b7-6+,9-8+/t16-,19-,20-/m1/s1. The third-order valence-electron chi connectivity index (χ3n) is 5.38. The second-order valence-electron chi connectivity index (χ2n) is 7.12. The van der Waals surface area contributed by atoms with E-state index in [0.29, 0.717) is 11.1 Å². The minimum Gasteiger partial charge on any atom is -0.450 e. The molecule has 0 aromatic carbocycles. The van der Waals surface area contributed by atoms with Crippen LogP contribution in [0.1, 0.15) is 47.5 Å². The van der Waals surface area contributed by atoms with E-state index in [1.165, 1.54) is 13.0 Å². The highest BCUT2D eigenvalue weighted by molar-refractivity contribution is 6.10. The lowest BCUT2D eigenvalue weighted by Gasteiger charge is -2.40. The van der Waals surface area contributed by atoms with Gasteiger partial charge in [0, 0.05) is 18.8 Å². The molecule has 5 heteroatoms. The van der Waals surface area contributed by atoms with Gasteiger partial charge in [-0.05, 0) is 51.8 Å². The Balaban J connectivity index is 2.50. The first-order valence-corrected chi connectivity index (χ1v) is 8.39. The van der Waals surface area contributed by atoms with Gasteiger partial charge < -0.3 is 4.74 Å². The summed E-state index contributed by atoms with van der Waals surface area (Å²) in [5.41, 5.74) is -1.61. The number of rotatable bonds is 6. The van der Waals surface area contributed by atoms with Gasteiger partial charge in [-0.1, -0.05) is 18.2 Å². The average molecular weight is 344 g/mol. The Kier molecular flexibility index (Phi) is 4.98. The van der Waals surface area contributed by atoms with Crippen LogP contribution >= 0.6 is 0 Å². The molecule has 3 atom stereocenters. The molecule has 1 aliphatic carbocycles. The Morgan fingerprint density at radius 2 is 1.84 bits per heavy atom. The van der Waals surface area contributed by atoms with E-state index >= 15 is 0 Å². The molecule has 1 fully saturated rings. The first kappa shape index (κ1) is 19.0. The Morgan fingerprint density at radius 3 is 2.40 bits per heavy atom. The van der Waals surface area contributed by atoms with E-state index < -0.39 is 22.9 Å². The van der Waals surface area contributed by atoms with E-state index in [9.17, 15) is 19.2 Å². The quantitative estimate of drug-likeness (QED) is 0.421. The SMILES string of the molecule is C/C=C/C=C/C(=O)C[C@@H]1[C@]2(C)C(=O)O[C@@]1(C)C(=O)C(C)=C2CC(C)=O. The Morgan fingerprint density at radius 1 is 1.20 bits per heavy atom. The van der Waals surface area contributed by atoms with Crippen LogP contribution in [0.3, 0.4) is 0 Å². The van der Waals surface area contributed by atoms with Crippen molar-refractivity contribution in [2.75, 3.05) is 0 Å². The number of carbonyl (C=O) groups excluding carboxylic acids is 4. The van der Waals surface area contributed by atoms with Gasteiger partial charge in [0.1, 0.15) is 5.78 Å². The van der Waals surface area contributed by atoms with Gasteiger partial charge in [-0.3, -0.25) is 19.2 Å². The summed E-state index contributed by atoms with van der Waals surface area (Å²) in [6.07, 6.45) is 6.60. The minimum atomic E-state index is -1.36. The van der Waals surface area contributed by atoms with E-state index in [4.69, 9.17) is 4.74 Å². The van der Waals surface area contributed by atoms with Crippen LogP contribution in [0, 0.1) is 11.3 Å². The fourth-order valence-electron chi connectivity index (χ4n) is 4.01. The molecule has 5 nitrogen and oxygen atoms in total. The molecular weight excluding hydrogens is 320 g/mol. The molecule has 0 N–H and O–H groups in total. The van der Waals surface area contributed by atoms with Crippen LogP contribution in [0.25, 0.3) is 0 Å². The first-order valence-electron chi connectivity index (χ1n) is 8.39. The molecule has 1 saturated heterocycles. The summed E-state index contributed by atoms with van der Waals surface area (Å²) in [5.74, 6) is -1.80. The van der Waals surface area contributed by atoms with Crippen LogP contribution in [0.15, 0.2) is 35.5 Å². The number of hydrogen-bond acceptors (Lipinski definition) is 5. The zero-order chi connectivity index (χ0) is 19.0. The molecule has 1 aliphatic heterocycles. The van der Waals surface area contributed by atoms with Crippen LogP contribution in [-0.4, -0.2) is 28.9 Å². The van der Waals surface area contributed by atoms with Crippen molar-refractivity contribution < 1.29 is 23.9 Å². The van der Waals surface area contributed by atoms with Crippen LogP contribution in [-0.2, 0) is 23.9 Å². The van der Waals surface area contributed by atoms with Gasteiger partial charge >= 0.3 is 5.97 Å². The van der Waals surface area contributed by atoms with Crippen LogP contribution < -0.4 is 0 Å². The molecule has 2 bridgehead atoms. The maximum atomic E-state index is 12.8. The normalized spacial score (nSPS) is 32.0. The lowest BCUT2D eigenvalue weighted by atomic mass is 9.58. The molecule has 0 amide bonds. The highest BCUT2D eigenvalue weighted by atomic mass is 16.6. The molecule has 0 aromatic rings. The average Bonchev–Trinajstić information content (AvgIpc) is 2.70. The molecule has 0 spiro atoms. The van der Waals surface area contributed by atoms with Crippen molar-refractivity contribution >= 4 is 23.3 Å². The summed E-state index contributed by atoms with van der Waals surface area (Å²) in [7, 11) is 0. The van der Waals surface area contributed by atoms with Gasteiger partial charge in [-0.15, -0.1) is 0 Å². The Labute approximate surface area is 147 Å². The number of esters is 1. The van der Waals surface area contributed by atoms with Crippen molar-refractivity contribution in [2.24, 2.45) is 11.3 Å². The van der Waals surface area contributed by atoms with Crippen LogP contribution in [0.5, 0.6) is 0 Å². The van der Waals surface area contributed by atoms with E-state index in [-0.39, 0.29) is 30.2 Å². The summed E-state index contributed by atoms with van der Waals surface area (Å²) in [4.78, 5) is 49.5. The maximum absolute atomic E-state index is 12.8. The van der Waals surface area contributed by atoms with Crippen LogP contribution in [0.2, 0.25) is 0 Å². The number of Topliss-reactive ketones (excluding diaryl/α,β-unsaturated/α-hetero) is 2. The highest BCUT2D eigenvalue weighted by Crippen LogP contribution is 2.58.